The van der Waals surface area contributed by atoms with Gasteiger partial charge in [-0.3, -0.25) is 9.59 Å². The Bertz CT molecular complexity index is 1070. The summed E-state index contributed by atoms with van der Waals surface area (Å²) in [6.45, 7) is 0. The topological polar surface area (TPSA) is 64.0 Å². The lowest BCUT2D eigenvalue weighted by atomic mass is 9.95. The molecule has 1 aliphatic carbocycles. The third-order valence-electron chi connectivity index (χ3n) is 5.13. The zero-order valence-corrected chi connectivity index (χ0v) is 18.0. The first-order chi connectivity index (χ1) is 14.6. The Kier molecular flexibility index (Phi) is 6.55. The predicted molar refractivity (Wildman–Crippen MR) is 120 cm³/mol. The van der Waals surface area contributed by atoms with Crippen LogP contribution < -0.4 is 10.9 Å². The Hall–Kier alpha value is -2.57. The fourth-order valence-electron chi connectivity index (χ4n) is 3.53. The number of carbonyl (C=O) groups is 1. The van der Waals surface area contributed by atoms with Crippen molar-refractivity contribution >= 4 is 29.3 Å². The van der Waals surface area contributed by atoms with Gasteiger partial charge in [-0.05, 0) is 67.4 Å². The van der Waals surface area contributed by atoms with Crippen LogP contribution in [0.2, 0.25) is 5.02 Å². The van der Waals surface area contributed by atoms with Crippen LogP contribution in [0, 0.1) is 0 Å². The Morgan fingerprint density at radius 3 is 2.37 bits per heavy atom. The molecule has 1 fully saturated rings. The van der Waals surface area contributed by atoms with E-state index in [9.17, 15) is 9.59 Å². The molecular weight excluding hydrogens is 418 g/mol. The molecule has 1 N–H and O–H groups in total. The number of nitrogens with zero attached hydrogens (tertiary/aromatic N) is 2. The SMILES string of the molecule is O=C(NC1CCCCC1)c1ccc(-n2nc(Sc3ccc(Cl)cc3)ccc2=O)cc1. The molecule has 0 aliphatic heterocycles. The van der Waals surface area contributed by atoms with Crippen LogP contribution in [0.25, 0.3) is 5.69 Å². The molecule has 1 saturated carbocycles. The summed E-state index contributed by atoms with van der Waals surface area (Å²) in [4.78, 5) is 25.8. The van der Waals surface area contributed by atoms with Crippen molar-refractivity contribution in [3.05, 3.63) is 81.6 Å². The van der Waals surface area contributed by atoms with Crippen molar-refractivity contribution < 1.29 is 4.79 Å². The van der Waals surface area contributed by atoms with Crippen molar-refractivity contribution in [2.45, 2.75) is 48.1 Å². The van der Waals surface area contributed by atoms with Gasteiger partial charge in [-0.1, -0.05) is 42.6 Å². The first-order valence-corrected chi connectivity index (χ1v) is 11.2. The molecule has 1 aromatic heterocycles. The van der Waals surface area contributed by atoms with Gasteiger partial charge in [0.25, 0.3) is 11.5 Å². The maximum absolute atomic E-state index is 12.5. The molecule has 4 rings (SSSR count). The lowest BCUT2D eigenvalue weighted by Gasteiger charge is -2.22. The molecule has 0 atom stereocenters. The summed E-state index contributed by atoms with van der Waals surface area (Å²) >= 11 is 7.38. The van der Waals surface area contributed by atoms with Gasteiger partial charge in [-0.15, -0.1) is 0 Å². The minimum Gasteiger partial charge on any atom is -0.349 e. The summed E-state index contributed by atoms with van der Waals surface area (Å²) in [7, 11) is 0. The van der Waals surface area contributed by atoms with Gasteiger partial charge in [-0.25, -0.2) is 0 Å². The zero-order valence-electron chi connectivity index (χ0n) is 16.4. The minimum atomic E-state index is -0.227. The van der Waals surface area contributed by atoms with Crippen LogP contribution >= 0.6 is 23.4 Å². The third-order valence-corrected chi connectivity index (χ3v) is 6.31. The molecule has 5 nitrogen and oxygen atoms in total. The highest BCUT2D eigenvalue weighted by Gasteiger charge is 2.16. The standard InChI is InChI=1S/C23H22ClN3O2S/c24-17-8-12-20(13-9-17)30-21-14-15-22(28)27(26-21)19-10-6-16(7-11-19)23(29)25-18-4-2-1-3-5-18/h6-15,18H,1-5H2,(H,25,29). The Morgan fingerprint density at radius 1 is 0.967 bits per heavy atom. The lowest BCUT2D eigenvalue weighted by molar-refractivity contribution is 0.0927. The average molecular weight is 440 g/mol. The molecule has 0 spiro atoms. The van der Waals surface area contributed by atoms with Crippen molar-refractivity contribution in [3.63, 3.8) is 0 Å². The van der Waals surface area contributed by atoms with E-state index in [0.717, 1.165) is 17.7 Å². The Morgan fingerprint density at radius 2 is 1.67 bits per heavy atom. The van der Waals surface area contributed by atoms with E-state index in [1.165, 1.54) is 41.8 Å². The molecular formula is C23H22ClN3O2S. The van der Waals surface area contributed by atoms with Crippen molar-refractivity contribution in [1.82, 2.24) is 15.1 Å². The van der Waals surface area contributed by atoms with Crippen LogP contribution in [0.5, 0.6) is 0 Å². The molecule has 1 amide bonds. The first-order valence-electron chi connectivity index (χ1n) is 10.0. The molecule has 1 heterocycles. The molecule has 2 aromatic carbocycles. The molecule has 0 radical (unpaired) electrons. The van der Waals surface area contributed by atoms with Crippen molar-refractivity contribution in [1.29, 1.82) is 0 Å². The summed E-state index contributed by atoms with van der Waals surface area (Å²) < 4.78 is 1.35. The maximum Gasteiger partial charge on any atom is 0.271 e. The fourth-order valence-corrected chi connectivity index (χ4v) is 4.43. The number of halogens is 1. The van der Waals surface area contributed by atoms with Gasteiger partial charge < -0.3 is 5.32 Å². The Labute approximate surface area is 184 Å². The number of hydrogen-bond acceptors (Lipinski definition) is 4. The lowest BCUT2D eigenvalue weighted by Crippen LogP contribution is -2.36. The minimum absolute atomic E-state index is 0.0687. The van der Waals surface area contributed by atoms with E-state index in [-0.39, 0.29) is 17.5 Å². The van der Waals surface area contributed by atoms with E-state index in [0.29, 0.717) is 21.3 Å². The van der Waals surface area contributed by atoms with Crippen LogP contribution in [0.3, 0.4) is 0 Å². The van der Waals surface area contributed by atoms with E-state index in [4.69, 9.17) is 11.6 Å². The highest BCUT2D eigenvalue weighted by Crippen LogP contribution is 2.26. The van der Waals surface area contributed by atoms with E-state index in [1.807, 2.05) is 24.3 Å². The van der Waals surface area contributed by atoms with Gasteiger partial charge in [-0.2, -0.15) is 9.78 Å². The summed E-state index contributed by atoms with van der Waals surface area (Å²) in [6, 6.07) is 17.9. The summed E-state index contributed by atoms with van der Waals surface area (Å²) in [6.07, 6.45) is 5.67. The van der Waals surface area contributed by atoms with Gasteiger partial charge in [0.15, 0.2) is 0 Å². The second-order valence-electron chi connectivity index (χ2n) is 7.33. The molecule has 0 unspecified atom stereocenters. The summed E-state index contributed by atoms with van der Waals surface area (Å²) in [5.74, 6) is -0.0687. The van der Waals surface area contributed by atoms with Crippen LogP contribution in [0.15, 0.2) is 75.4 Å². The van der Waals surface area contributed by atoms with Crippen molar-refractivity contribution in [2.24, 2.45) is 0 Å². The molecule has 0 bridgehead atoms. The van der Waals surface area contributed by atoms with E-state index >= 15 is 0 Å². The van der Waals surface area contributed by atoms with E-state index in [2.05, 4.69) is 10.4 Å². The highest BCUT2D eigenvalue weighted by molar-refractivity contribution is 7.99. The summed E-state index contributed by atoms with van der Waals surface area (Å²) in [5.41, 5.74) is 0.978. The molecule has 3 aromatic rings. The van der Waals surface area contributed by atoms with Crippen molar-refractivity contribution in [2.75, 3.05) is 0 Å². The maximum atomic E-state index is 12.5. The number of hydrogen-bond donors (Lipinski definition) is 1. The number of carbonyl (C=O) groups excluding carboxylic acids is 1. The number of benzene rings is 2. The van der Waals surface area contributed by atoms with Gasteiger partial charge in [0.2, 0.25) is 0 Å². The number of nitrogens with one attached hydrogen (secondary N) is 1. The largest absolute Gasteiger partial charge is 0.349 e. The van der Waals surface area contributed by atoms with Crippen LogP contribution in [-0.2, 0) is 0 Å². The Balaban J connectivity index is 1.49. The zero-order chi connectivity index (χ0) is 20.9. The van der Waals surface area contributed by atoms with Gasteiger partial charge in [0.05, 0.1) is 5.69 Å². The predicted octanol–water partition coefficient (Wildman–Crippen LogP) is 5.10. The second-order valence-corrected chi connectivity index (χ2v) is 8.86. The monoisotopic (exact) mass is 439 g/mol. The quantitative estimate of drug-likeness (QED) is 0.600. The normalized spacial score (nSPS) is 14.4. The smallest absolute Gasteiger partial charge is 0.271 e. The van der Waals surface area contributed by atoms with Crippen LogP contribution in [-0.4, -0.2) is 21.7 Å². The van der Waals surface area contributed by atoms with Gasteiger partial charge in [0.1, 0.15) is 5.03 Å². The molecule has 0 saturated heterocycles. The van der Waals surface area contributed by atoms with Gasteiger partial charge in [0, 0.05) is 27.6 Å². The van der Waals surface area contributed by atoms with Crippen LogP contribution in [0.4, 0.5) is 0 Å². The number of amides is 1. The number of rotatable bonds is 5. The number of aromatic nitrogens is 2. The fraction of sp³-hybridized carbons (Fsp3) is 0.261. The summed E-state index contributed by atoms with van der Waals surface area (Å²) in [5, 5.41) is 8.93. The molecule has 1 aliphatic rings. The third kappa shape index (κ3) is 5.12. The van der Waals surface area contributed by atoms with E-state index < -0.39 is 0 Å². The highest BCUT2D eigenvalue weighted by atomic mass is 35.5. The van der Waals surface area contributed by atoms with Crippen LogP contribution in [0.1, 0.15) is 42.5 Å². The second kappa shape index (κ2) is 9.49. The molecule has 154 valence electrons. The van der Waals surface area contributed by atoms with Crippen molar-refractivity contribution in [3.8, 4) is 5.69 Å². The van der Waals surface area contributed by atoms with E-state index in [1.54, 1.807) is 30.3 Å². The molecule has 30 heavy (non-hydrogen) atoms. The van der Waals surface area contributed by atoms with Gasteiger partial charge >= 0.3 is 0 Å². The average Bonchev–Trinajstić information content (AvgIpc) is 2.77. The molecule has 7 heteroatoms. The first kappa shape index (κ1) is 20.7.